The van der Waals surface area contributed by atoms with Crippen molar-refractivity contribution in [2.45, 2.75) is 24.9 Å². The minimum Gasteiger partial charge on any atom is -0.432 e. The molecule has 2 bridgehead atoms. The van der Waals surface area contributed by atoms with Gasteiger partial charge in [-0.3, -0.25) is 4.79 Å². The maximum atomic E-state index is 12.9. The summed E-state index contributed by atoms with van der Waals surface area (Å²) in [7, 11) is 0. The van der Waals surface area contributed by atoms with Gasteiger partial charge in [-0.15, -0.1) is 0 Å². The number of hydrogen-bond donors (Lipinski definition) is 2. The molecule has 22 heavy (non-hydrogen) atoms. The lowest BCUT2D eigenvalue weighted by Crippen LogP contribution is -2.48. The third kappa shape index (κ3) is 2.39. The number of nitrogens with zero attached hydrogens (tertiary/aromatic N) is 1. The molecule has 6 heteroatoms. The molecule has 1 aromatic carbocycles. The van der Waals surface area contributed by atoms with Gasteiger partial charge in [-0.25, -0.2) is 9.37 Å². The van der Waals surface area contributed by atoms with Gasteiger partial charge in [0.25, 0.3) is 5.89 Å². The smallest absolute Gasteiger partial charge is 0.307 e. The van der Waals surface area contributed by atoms with Crippen LogP contribution < -0.4 is 10.6 Å². The van der Waals surface area contributed by atoms with Crippen LogP contribution in [0.5, 0.6) is 0 Å². The van der Waals surface area contributed by atoms with Gasteiger partial charge in [0.05, 0.1) is 6.20 Å². The van der Waals surface area contributed by atoms with Gasteiger partial charge in [-0.05, 0) is 49.6 Å². The van der Waals surface area contributed by atoms with E-state index in [0.29, 0.717) is 23.3 Å². The summed E-state index contributed by atoms with van der Waals surface area (Å²) in [6.45, 7) is 1.05. The van der Waals surface area contributed by atoms with Crippen LogP contribution in [0, 0.1) is 11.7 Å². The van der Waals surface area contributed by atoms with Gasteiger partial charge in [-0.1, -0.05) is 0 Å². The minimum atomic E-state index is -0.315. The Morgan fingerprint density at radius 2 is 2.14 bits per heavy atom. The Balaban J connectivity index is 1.46. The lowest BCUT2D eigenvalue weighted by molar-refractivity contribution is 0.0894. The monoisotopic (exact) mass is 301 g/mol. The SMILES string of the molecule is O=C(NC1CC2CNC1C2)c1ncc(-c2ccc(F)cc2)o1. The molecule has 2 heterocycles. The first-order valence-corrected chi connectivity index (χ1v) is 7.45. The van der Waals surface area contributed by atoms with Crippen molar-refractivity contribution < 1.29 is 13.6 Å². The van der Waals surface area contributed by atoms with Gasteiger partial charge >= 0.3 is 5.91 Å². The number of hydrogen-bond acceptors (Lipinski definition) is 4. The topological polar surface area (TPSA) is 67.2 Å². The Morgan fingerprint density at radius 1 is 1.32 bits per heavy atom. The average molecular weight is 301 g/mol. The van der Waals surface area contributed by atoms with Crippen LogP contribution in [-0.2, 0) is 0 Å². The zero-order valence-corrected chi connectivity index (χ0v) is 11.9. The summed E-state index contributed by atoms with van der Waals surface area (Å²) >= 11 is 0. The van der Waals surface area contributed by atoms with Gasteiger partial charge in [0, 0.05) is 17.6 Å². The van der Waals surface area contributed by atoms with Crippen LogP contribution in [0.3, 0.4) is 0 Å². The first kappa shape index (κ1) is 13.5. The highest BCUT2D eigenvalue weighted by Gasteiger charge is 2.40. The number of benzene rings is 1. The van der Waals surface area contributed by atoms with E-state index in [2.05, 4.69) is 15.6 Å². The molecule has 1 aromatic heterocycles. The zero-order valence-electron chi connectivity index (χ0n) is 11.9. The van der Waals surface area contributed by atoms with Gasteiger partial charge in [0.1, 0.15) is 5.82 Å². The summed E-state index contributed by atoms with van der Waals surface area (Å²) in [6.07, 6.45) is 3.62. The second-order valence-electron chi connectivity index (χ2n) is 5.97. The van der Waals surface area contributed by atoms with Crippen molar-refractivity contribution in [1.82, 2.24) is 15.6 Å². The number of amides is 1. The average Bonchev–Trinajstić information content (AvgIpc) is 3.24. The largest absolute Gasteiger partial charge is 0.432 e. The number of piperidine rings is 1. The molecular weight excluding hydrogens is 285 g/mol. The first-order chi connectivity index (χ1) is 10.7. The fourth-order valence-corrected chi connectivity index (χ4v) is 3.37. The van der Waals surface area contributed by atoms with Crippen LogP contribution in [0.4, 0.5) is 4.39 Å². The minimum absolute atomic E-state index is 0.0436. The third-order valence-electron chi connectivity index (χ3n) is 4.47. The highest BCUT2D eigenvalue weighted by Crippen LogP contribution is 2.31. The van der Waals surface area contributed by atoms with Crippen molar-refractivity contribution in [3.8, 4) is 11.3 Å². The van der Waals surface area contributed by atoms with Crippen molar-refractivity contribution in [3.63, 3.8) is 0 Å². The fraction of sp³-hybridized carbons (Fsp3) is 0.375. The molecule has 1 aliphatic carbocycles. The molecule has 4 rings (SSSR count). The van der Waals surface area contributed by atoms with E-state index in [1.165, 1.54) is 18.3 Å². The van der Waals surface area contributed by atoms with Crippen LogP contribution in [-0.4, -0.2) is 29.5 Å². The number of oxazole rings is 1. The Bertz CT molecular complexity index is 698. The number of carbonyl (C=O) groups excluding carboxylic acids is 1. The van der Waals surface area contributed by atoms with Crippen LogP contribution in [0.25, 0.3) is 11.3 Å². The van der Waals surface area contributed by atoms with Gasteiger partial charge in [0.15, 0.2) is 5.76 Å². The van der Waals surface area contributed by atoms with Gasteiger partial charge < -0.3 is 15.1 Å². The molecule has 3 atom stereocenters. The lowest BCUT2D eigenvalue weighted by atomic mass is 10.1. The van der Waals surface area contributed by atoms with Crippen molar-refractivity contribution in [3.05, 3.63) is 42.2 Å². The molecule has 0 spiro atoms. The molecule has 0 radical (unpaired) electrons. The number of aromatic nitrogens is 1. The Morgan fingerprint density at radius 3 is 2.82 bits per heavy atom. The predicted molar refractivity (Wildman–Crippen MR) is 77.7 cm³/mol. The Hall–Kier alpha value is -2.21. The van der Waals surface area contributed by atoms with Gasteiger partial charge in [-0.2, -0.15) is 0 Å². The molecular formula is C16H16FN3O2. The van der Waals surface area contributed by atoms with E-state index < -0.39 is 0 Å². The molecule has 5 nitrogen and oxygen atoms in total. The van der Waals surface area contributed by atoms with Crippen LogP contribution in [0.15, 0.2) is 34.9 Å². The molecule has 2 aromatic rings. The molecule has 2 aliphatic rings. The first-order valence-electron chi connectivity index (χ1n) is 7.45. The van der Waals surface area contributed by atoms with Gasteiger partial charge in [0.2, 0.25) is 0 Å². The summed E-state index contributed by atoms with van der Waals surface area (Å²) in [4.78, 5) is 16.2. The molecule has 114 valence electrons. The number of nitrogens with one attached hydrogen (secondary N) is 2. The number of fused-ring (bicyclic) bond motifs is 2. The number of carbonyl (C=O) groups is 1. The van der Waals surface area contributed by atoms with Crippen molar-refractivity contribution in [2.75, 3.05) is 6.54 Å². The molecule has 1 amide bonds. The molecule has 3 unspecified atom stereocenters. The van der Waals surface area contributed by atoms with E-state index in [1.54, 1.807) is 12.1 Å². The molecule has 1 saturated heterocycles. The van der Waals surface area contributed by atoms with Crippen LogP contribution in [0.1, 0.15) is 23.5 Å². The lowest BCUT2D eigenvalue weighted by Gasteiger charge is -2.23. The highest BCUT2D eigenvalue weighted by molar-refractivity contribution is 5.90. The number of rotatable bonds is 3. The summed E-state index contributed by atoms with van der Waals surface area (Å²) in [6, 6.07) is 6.39. The van der Waals surface area contributed by atoms with Crippen LogP contribution >= 0.6 is 0 Å². The molecule has 1 saturated carbocycles. The summed E-state index contributed by atoms with van der Waals surface area (Å²) < 4.78 is 18.4. The zero-order chi connectivity index (χ0) is 15.1. The van der Waals surface area contributed by atoms with E-state index in [4.69, 9.17) is 4.42 Å². The van der Waals surface area contributed by atoms with E-state index in [0.717, 1.165) is 19.4 Å². The predicted octanol–water partition coefficient (Wildman–Crippen LogP) is 1.96. The van der Waals surface area contributed by atoms with Crippen molar-refractivity contribution >= 4 is 5.91 Å². The highest BCUT2D eigenvalue weighted by atomic mass is 19.1. The second-order valence-corrected chi connectivity index (χ2v) is 5.97. The van der Waals surface area contributed by atoms with Crippen molar-refractivity contribution in [1.29, 1.82) is 0 Å². The van der Waals surface area contributed by atoms with E-state index in [9.17, 15) is 9.18 Å². The summed E-state index contributed by atoms with van der Waals surface area (Å²) in [5.74, 6) is 0.547. The standard InChI is InChI=1S/C16H16FN3O2/c17-11-3-1-10(2-4-11)14-8-19-16(22-14)15(21)20-13-6-9-5-12(13)18-7-9/h1-4,8-9,12-13,18H,5-7H2,(H,20,21). The van der Waals surface area contributed by atoms with E-state index >= 15 is 0 Å². The second kappa shape index (κ2) is 5.21. The normalized spacial score (nSPS) is 26.3. The molecule has 2 fully saturated rings. The Kier molecular flexibility index (Phi) is 3.18. The fourth-order valence-electron chi connectivity index (χ4n) is 3.37. The van der Waals surface area contributed by atoms with E-state index in [-0.39, 0.29) is 23.7 Å². The van der Waals surface area contributed by atoms with E-state index in [1.807, 2.05) is 0 Å². The quantitative estimate of drug-likeness (QED) is 0.909. The third-order valence-corrected chi connectivity index (χ3v) is 4.47. The maximum Gasteiger partial charge on any atom is 0.307 e. The van der Waals surface area contributed by atoms with Crippen molar-refractivity contribution in [2.24, 2.45) is 5.92 Å². The summed E-state index contributed by atoms with van der Waals surface area (Å²) in [5, 5.41) is 6.38. The Labute approximate surface area is 126 Å². The molecule has 1 aliphatic heterocycles. The summed E-state index contributed by atoms with van der Waals surface area (Å²) in [5.41, 5.74) is 0.689. The van der Waals surface area contributed by atoms with Crippen LogP contribution in [0.2, 0.25) is 0 Å². The number of halogens is 1. The molecule has 2 N–H and O–H groups in total. The maximum absolute atomic E-state index is 12.9.